The molecule has 106 valence electrons. The number of halogens is 2. The Bertz CT molecular complexity index is 590. The number of hydrogen-bond acceptors (Lipinski definition) is 2. The lowest BCUT2D eigenvalue weighted by Crippen LogP contribution is -2.44. The van der Waals surface area contributed by atoms with E-state index in [0.717, 1.165) is 35.0 Å². The van der Waals surface area contributed by atoms with E-state index >= 15 is 0 Å². The number of nitrogens with zero attached hydrogens (tertiary/aromatic N) is 1. The van der Waals surface area contributed by atoms with Crippen molar-refractivity contribution in [2.75, 3.05) is 0 Å². The van der Waals surface area contributed by atoms with Gasteiger partial charge in [-0.15, -0.1) is 0 Å². The molecule has 0 saturated heterocycles. The van der Waals surface area contributed by atoms with Crippen LogP contribution in [0.2, 0.25) is 10.0 Å². The first-order valence-corrected chi connectivity index (χ1v) is 8.03. The molecule has 0 unspecified atom stereocenters. The number of benzene rings is 1. The zero-order chi connectivity index (χ0) is 14.3. The van der Waals surface area contributed by atoms with Gasteiger partial charge in [-0.25, -0.2) is 0 Å². The minimum Gasteiger partial charge on any atom is -0.351 e. The van der Waals surface area contributed by atoms with Crippen molar-refractivity contribution in [1.29, 1.82) is 0 Å². The standard InChI is InChI=1S/C15H16Cl2N2S/c1-9-4-6-15(7-5-9)18-13(14(20)19-15)10-2-3-11(16)12(17)8-10/h2-3,8-9H,4-7H2,1H3,(H,19,20). The van der Waals surface area contributed by atoms with Crippen molar-refractivity contribution in [2.45, 2.75) is 38.3 Å². The minimum absolute atomic E-state index is 0.189. The molecule has 0 amide bonds. The monoisotopic (exact) mass is 326 g/mol. The largest absolute Gasteiger partial charge is 0.351 e. The number of thiocarbonyl (C=S) groups is 1. The summed E-state index contributed by atoms with van der Waals surface area (Å²) in [6, 6.07) is 5.55. The third-order valence-electron chi connectivity index (χ3n) is 4.18. The predicted molar refractivity (Wildman–Crippen MR) is 89.1 cm³/mol. The second kappa shape index (κ2) is 5.28. The van der Waals surface area contributed by atoms with Crippen molar-refractivity contribution < 1.29 is 0 Å². The van der Waals surface area contributed by atoms with E-state index in [-0.39, 0.29) is 5.66 Å². The van der Waals surface area contributed by atoms with Crippen LogP contribution in [0, 0.1) is 5.92 Å². The second-order valence-corrected chi connectivity index (χ2v) is 6.98. The van der Waals surface area contributed by atoms with E-state index < -0.39 is 0 Å². The highest BCUT2D eigenvalue weighted by atomic mass is 35.5. The summed E-state index contributed by atoms with van der Waals surface area (Å²) < 4.78 is 0. The third kappa shape index (κ3) is 2.59. The SMILES string of the molecule is CC1CCC2(CC1)N=C(c1ccc(Cl)c(Cl)c1)C(=S)N2. The molecule has 0 radical (unpaired) electrons. The Kier molecular flexibility index (Phi) is 3.78. The van der Waals surface area contributed by atoms with Gasteiger partial charge in [-0.2, -0.15) is 0 Å². The molecule has 2 aliphatic rings. The fraction of sp³-hybridized carbons (Fsp3) is 0.467. The molecule has 0 atom stereocenters. The average Bonchev–Trinajstić information content (AvgIpc) is 2.74. The van der Waals surface area contributed by atoms with Gasteiger partial charge in [0.15, 0.2) is 0 Å². The molecule has 1 aliphatic carbocycles. The van der Waals surface area contributed by atoms with E-state index in [0.29, 0.717) is 10.0 Å². The number of aliphatic imine (C=N–C) groups is 1. The quantitative estimate of drug-likeness (QED) is 0.761. The maximum Gasteiger partial charge on any atom is 0.131 e. The van der Waals surface area contributed by atoms with Gasteiger partial charge in [0.05, 0.1) is 10.0 Å². The second-order valence-electron chi connectivity index (χ2n) is 5.76. The Morgan fingerprint density at radius 3 is 2.60 bits per heavy atom. The molecular weight excluding hydrogens is 311 g/mol. The van der Waals surface area contributed by atoms with Crippen LogP contribution in [0.1, 0.15) is 38.2 Å². The predicted octanol–water partition coefficient (Wildman–Crippen LogP) is 4.62. The number of nitrogens with one attached hydrogen (secondary N) is 1. The third-order valence-corrected chi connectivity index (χ3v) is 5.22. The summed E-state index contributed by atoms with van der Waals surface area (Å²) in [4.78, 5) is 5.62. The molecule has 2 nitrogen and oxygen atoms in total. The lowest BCUT2D eigenvalue weighted by atomic mass is 9.83. The summed E-state index contributed by atoms with van der Waals surface area (Å²) in [5, 5.41) is 4.51. The van der Waals surface area contributed by atoms with E-state index in [1.54, 1.807) is 6.07 Å². The first kappa shape index (κ1) is 14.3. The van der Waals surface area contributed by atoms with E-state index in [4.69, 9.17) is 40.4 Å². The van der Waals surface area contributed by atoms with Crippen LogP contribution < -0.4 is 5.32 Å². The molecule has 1 N–H and O–H groups in total. The first-order valence-electron chi connectivity index (χ1n) is 6.87. The first-order chi connectivity index (χ1) is 9.49. The zero-order valence-electron chi connectivity index (χ0n) is 11.2. The average molecular weight is 327 g/mol. The van der Waals surface area contributed by atoms with Crippen LogP contribution in [0.25, 0.3) is 0 Å². The highest BCUT2D eigenvalue weighted by Gasteiger charge is 2.40. The smallest absolute Gasteiger partial charge is 0.131 e. The molecule has 1 fully saturated rings. The van der Waals surface area contributed by atoms with Crippen molar-refractivity contribution in [3.63, 3.8) is 0 Å². The van der Waals surface area contributed by atoms with Crippen LogP contribution >= 0.6 is 35.4 Å². The molecular formula is C15H16Cl2N2S. The molecule has 5 heteroatoms. The summed E-state index contributed by atoms with van der Waals surface area (Å²) in [6.45, 7) is 2.30. The van der Waals surface area contributed by atoms with E-state index in [1.165, 1.54) is 12.8 Å². The molecule has 1 aliphatic heterocycles. The Balaban J connectivity index is 1.92. The normalized spacial score (nSPS) is 29.4. The van der Waals surface area contributed by atoms with Crippen LogP contribution in [0.4, 0.5) is 0 Å². The van der Waals surface area contributed by atoms with Gasteiger partial charge in [0, 0.05) is 5.56 Å². The van der Waals surface area contributed by atoms with E-state index in [2.05, 4.69) is 12.2 Å². The Labute approximate surface area is 134 Å². The van der Waals surface area contributed by atoms with Gasteiger partial charge in [0.2, 0.25) is 0 Å². The van der Waals surface area contributed by atoms with Crippen molar-refractivity contribution >= 4 is 46.1 Å². The fourth-order valence-electron chi connectivity index (χ4n) is 2.88. The van der Waals surface area contributed by atoms with E-state index in [1.807, 2.05) is 12.1 Å². The van der Waals surface area contributed by atoms with Crippen molar-refractivity contribution in [2.24, 2.45) is 10.9 Å². The molecule has 1 spiro atoms. The summed E-state index contributed by atoms with van der Waals surface area (Å²) >= 11 is 17.5. The van der Waals surface area contributed by atoms with Crippen molar-refractivity contribution in [1.82, 2.24) is 5.32 Å². The van der Waals surface area contributed by atoms with Crippen molar-refractivity contribution in [3.05, 3.63) is 33.8 Å². The molecule has 3 rings (SSSR count). The Morgan fingerprint density at radius 2 is 1.95 bits per heavy atom. The Morgan fingerprint density at radius 1 is 1.25 bits per heavy atom. The molecule has 1 aromatic rings. The lowest BCUT2D eigenvalue weighted by Gasteiger charge is -2.33. The summed E-state index contributed by atoms with van der Waals surface area (Å²) in [7, 11) is 0. The van der Waals surface area contributed by atoms with Gasteiger partial charge in [0.1, 0.15) is 16.4 Å². The number of rotatable bonds is 1. The molecule has 1 aromatic carbocycles. The number of hydrogen-bond donors (Lipinski definition) is 1. The summed E-state index contributed by atoms with van der Waals surface area (Å²) in [5.74, 6) is 0.778. The minimum atomic E-state index is -0.189. The maximum absolute atomic E-state index is 6.09. The molecule has 0 bridgehead atoms. The summed E-state index contributed by atoms with van der Waals surface area (Å²) in [5.41, 5.74) is 1.59. The van der Waals surface area contributed by atoms with Gasteiger partial charge in [0.25, 0.3) is 0 Å². The zero-order valence-corrected chi connectivity index (χ0v) is 13.6. The van der Waals surface area contributed by atoms with Crippen LogP contribution in [0.5, 0.6) is 0 Å². The highest BCUT2D eigenvalue weighted by Crippen LogP contribution is 2.36. The van der Waals surface area contributed by atoms with Crippen LogP contribution in [-0.2, 0) is 0 Å². The van der Waals surface area contributed by atoms with E-state index in [9.17, 15) is 0 Å². The van der Waals surface area contributed by atoms with Gasteiger partial charge in [-0.3, -0.25) is 4.99 Å². The highest BCUT2D eigenvalue weighted by molar-refractivity contribution is 7.82. The lowest BCUT2D eigenvalue weighted by molar-refractivity contribution is 0.237. The molecule has 20 heavy (non-hydrogen) atoms. The van der Waals surface area contributed by atoms with Gasteiger partial charge in [-0.05, 0) is 43.7 Å². The van der Waals surface area contributed by atoms with Crippen LogP contribution in [-0.4, -0.2) is 16.4 Å². The molecule has 1 saturated carbocycles. The van der Waals surface area contributed by atoms with Crippen LogP contribution in [0.15, 0.2) is 23.2 Å². The topological polar surface area (TPSA) is 24.4 Å². The van der Waals surface area contributed by atoms with Gasteiger partial charge in [-0.1, -0.05) is 48.4 Å². The fourth-order valence-corrected chi connectivity index (χ4v) is 3.53. The van der Waals surface area contributed by atoms with Crippen molar-refractivity contribution in [3.8, 4) is 0 Å². The molecule has 1 heterocycles. The molecule has 0 aromatic heterocycles. The van der Waals surface area contributed by atoms with Crippen LogP contribution in [0.3, 0.4) is 0 Å². The summed E-state index contributed by atoms with van der Waals surface area (Å²) in [6.07, 6.45) is 4.46. The maximum atomic E-state index is 6.09. The van der Waals surface area contributed by atoms with Gasteiger partial charge >= 0.3 is 0 Å². The Hall–Kier alpha value is -0.640. The van der Waals surface area contributed by atoms with Gasteiger partial charge < -0.3 is 5.32 Å².